The van der Waals surface area contributed by atoms with E-state index in [0.29, 0.717) is 5.75 Å². The molecule has 138 valence electrons. The van der Waals surface area contributed by atoms with Crippen LogP contribution in [-0.4, -0.2) is 17.5 Å². The number of hydrogen-bond acceptors (Lipinski definition) is 5. The minimum atomic E-state index is -1.64. The van der Waals surface area contributed by atoms with Crippen LogP contribution in [0, 0.1) is 24.4 Å². The predicted molar refractivity (Wildman–Crippen MR) is 100 cm³/mol. The normalized spacial score (nSPS) is 11.3. The summed E-state index contributed by atoms with van der Waals surface area (Å²) in [6.45, 7) is 1.50. The molecule has 0 aliphatic heterocycles. The van der Waals surface area contributed by atoms with Crippen LogP contribution in [0.25, 0.3) is 20.3 Å². The smallest absolute Gasteiger partial charge is 0.262 e. The monoisotopic (exact) mass is 408 g/mol. The Hall–Kier alpha value is -2.65. The van der Waals surface area contributed by atoms with Crippen molar-refractivity contribution in [2.45, 2.75) is 6.92 Å². The number of rotatable bonds is 4. The van der Waals surface area contributed by atoms with E-state index in [1.54, 1.807) is 6.07 Å². The van der Waals surface area contributed by atoms with Crippen molar-refractivity contribution in [2.75, 3.05) is 11.9 Å². The van der Waals surface area contributed by atoms with Gasteiger partial charge < -0.3 is 10.1 Å². The van der Waals surface area contributed by atoms with Gasteiger partial charge in [-0.25, -0.2) is 18.2 Å². The molecule has 2 aromatic heterocycles. The molecule has 4 nitrogen and oxygen atoms in total. The summed E-state index contributed by atoms with van der Waals surface area (Å²) < 4.78 is 47.4. The maximum atomic E-state index is 13.7. The number of aromatic nitrogens is 1. The first-order valence-electron chi connectivity index (χ1n) is 7.77. The second-order valence-electron chi connectivity index (χ2n) is 5.68. The number of amides is 1. The van der Waals surface area contributed by atoms with Gasteiger partial charge in [-0.3, -0.25) is 4.79 Å². The summed E-state index contributed by atoms with van der Waals surface area (Å²) in [6.07, 6.45) is 0. The van der Waals surface area contributed by atoms with E-state index in [4.69, 9.17) is 4.74 Å². The van der Waals surface area contributed by atoms with E-state index in [0.717, 1.165) is 37.4 Å². The van der Waals surface area contributed by atoms with Crippen molar-refractivity contribution in [2.24, 2.45) is 0 Å². The largest absolute Gasteiger partial charge is 0.483 e. The first-order chi connectivity index (χ1) is 12.9. The molecule has 0 spiro atoms. The van der Waals surface area contributed by atoms with Crippen molar-refractivity contribution < 1.29 is 22.7 Å². The van der Waals surface area contributed by atoms with Gasteiger partial charge in [0.2, 0.25) is 0 Å². The minimum Gasteiger partial charge on any atom is -0.483 e. The summed E-state index contributed by atoms with van der Waals surface area (Å²) >= 11 is 3.04. The summed E-state index contributed by atoms with van der Waals surface area (Å²) in [6, 6.07) is 5.37. The number of thiophene rings is 1. The third-order valence-corrected chi connectivity index (χ3v) is 5.68. The van der Waals surface area contributed by atoms with Gasteiger partial charge in [0.15, 0.2) is 24.1 Å². The first kappa shape index (κ1) is 17.7. The lowest BCUT2D eigenvalue weighted by Crippen LogP contribution is -2.21. The van der Waals surface area contributed by atoms with Gasteiger partial charge in [0.25, 0.3) is 5.91 Å². The molecule has 0 unspecified atom stereocenters. The molecule has 0 atom stereocenters. The van der Waals surface area contributed by atoms with E-state index in [1.807, 2.05) is 18.4 Å². The maximum absolute atomic E-state index is 13.7. The molecule has 9 heteroatoms. The highest BCUT2D eigenvalue weighted by molar-refractivity contribution is 7.21. The highest BCUT2D eigenvalue weighted by Gasteiger charge is 2.17. The lowest BCUT2D eigenvalue weighted by atomic mass is 10.2. The number of nitrogens with one attached hydrogen (secondary N) is 1. The van der Waals surface area contributed by atoms with Crippen LogP contribution in [0.15, 0.2) is 29.6 Å². The number of thiazole rings is 1. The number of benzene rings is 2. The topological polar surface area (TPSA) is 51.2 Å². The van der Waals surface area contributed by atoms with Crippen molar-refractivity contribution in [3.8, 4) is 5.75 Å². The second kappa shape index (κ2) is 6.82. The number of aryl methyl sites for hydroxylation is 1. The van der Waals surface area contributed by atoms with Crippen LogP contribution in [0.3, 0.4) is 0 Å². The van der Waals surface area contributed by atoms with Crippen molar-refractivity contribution >= 4 is 54.6 Å². The third kappa shape index (κ3) is 3.24. The fraction of sp³-hybridized carbons (Fsp3) is 0.111. The molecule has 1 amide bonds. The summed E-state index contributed by atoms with van der Waals surface area (Å²) in [7, 11) is 0. The molecule has 4 aromatic rings. The number of carbonyl (C=O) groups is 1. The van der Waals surface area contributed by atoms with E-state index in [9.17, 15) is 18.0 Å². The van der Waals surface area contributed by atoms with Gasteiger partial charge in [-0.1, -0.05) is 0 Å². The van der Waals surface area contributed by atoms with E-state index in [-0.39, 0.29) is 0 Å². The average Bonchev–Trinajstić information content (AvgIpc) is 3.26. The Morgan fingerprint density at radius 3 is 2.85 bits per heavy atom. The highest BCUT2D eigenvalue weighted by atomic mass is 32.1. The molecule has 1 N–H and O–H groups in total. The number of ether oxygens (including phenoxy) is 1. The number of nitrogens with zero attached hydrogens (tertiary/aromatic N) is 1. The molecule has 27 heavy (non-hydrogen) atoms. The Bertz CT molecular complexity index is 1190. The van der Waals surface area contributed by atoms with Crippen molar-refractivity contribution in [1.82, 2.24) is 4.98 Å². The maximum Gasteiger partial charge on any atom is 0.262 e. The molecule has 0 saturated heterocycles. The Labute approximate surface area is 159 Å². The second-order valence-corrected chi connectivity index (χ2v) is 7.83. The number of anilines is 1. The summed E-state index contributed by atoms with van der Waals surface area (Å²) in [5.74, 6) is -4.60. The van der Waals surface area contributed by atoms with Crippen LogP contribution in [0.5, 0.6) is 5.75 Å². The van der Waals surface area contributed by atoms with Crippen LogP contribution in [-0.2, 0) is 4.79 Å². The zero-order chi connectivity index (χ0) is 19.1. The van der Waals surface area contributed by atoms with Gasteiger partial charge in [0, 0.05) is 11.5 Å². The number of carbonyl (C=O) groups excluding carboxylic acids is 1. The van der Waals surface area contributed by atoms with Gasteiger partial charge >= 0.3 is 0 Å². The van der Waals surface area contributed by atoms with Crippen LogP contribution < -0.4 is 10.1 Å². The molecular weight excluding hydrogens is 397 g/mol. The van der Waals surface area contributed by atoms with Crippen LogP contribution in [0.4, 0.5) is 18.9 Å². The van der Waals surface area contributed by atoms with Crippen molar-refractivity contribution in [1.29, 1.82) is 0 Å². The standard InChI is InChI=1S/C18H11F3N2O2S2/c1-8-22-17-13(27-8)6-12(9-4-5-26-18(9)17)25-7-14(24)23-11-3-2-10(19)15(20)16(11)21/h2-6H,7H2,1H3,(H,23,24). The van der Waals surface area contributed by atoms with Gasteiger partial charge in [-0.2, -0.15) is 0 Å². The Morgan fingerprint density at radius 2 is 2.04 bits per heavy atom. The van der Waals surface area contributed by atoms with E-state index in [1.165, 1.54) is 22.7 Å². The zero-order valence-corrected chi connectivity index (χ0v) is 15.4. The number of hydrogen-bond donors (Lipinski definition) is 1. The van der Waals surface area contributed by atoms with E-state index < -0.39 is 35.7 Å². The predicted octanol–water partition coefficient (Wildman–Crippen LogP) is 5.25. The Morgan fingerprint density at radius 1 is 1.22 bits per heavy atom. The first-order valence-corrected chi connectivity index (χ1v) is 9.47. The molecule has 0 aliphatic carbocycles. The number of halogens is 3. The van der Waals surface area contributed by atoms with Crippen LogP contribution in [0.1, 0.15) is 5.01 Å². The van der Waals surface area contributed by atoms with Gasteiger partial charge in [0.1, 0.15) is 5.75 Å². The van der Waals surface area contributed by atoms with Gasteiger partial charge in [-0.15, -0.1) is 22.7 Å². The molecule has 0 aliphatic rings. The molecule has 2 heterocycles. The van der Waals surface area contributed by atoms with E-state index >= 15 is 0 Å². The van der Waals surface area contributed by atoms with Crippen molar-refractivity contribution in [3.63, 3.8) is 0 Å². The number of fused-ring (bicyclic) bond motifs is 3. The summed E-state index contributed by atoms with van der Waals surface area (Å²) in [5.41, 5.74) is 0.444. The van der Waals surface area contributed by atoms with Crippen LogP contribution >= 0.6 is 22.7 Å². The molecular formula is C18H11F3N2O2S2. The minimum absolute atomic E-state index is 0.410. The lowest BCUT2D eigenvalue weighted by Gasteiger charge is -2.10. The van der Waals surface area contributed by atoms with Gasteiger partial charge in [-0.05, 0) is 30.5 Å². The highest BCUT2D eigenvalue weighted by Crippen LogP contribution is 2.38. The van der Waals surface area contributed by atoms with Crippen LogP contribution in [0.2, 0.25) is 0 Å². The molecule has 2 aromatic carbocycles. The molecule has 0 fully saturated rings. The van der Waals surface area contributed by atoms with Gasteiger partial charge in [0.05, 0.1) is 25.6 Å². The quantitative estimate of drug-likeness (QED) is 0.469. The SMILES string of the molecule is Cc1nc2c(cc(OCC(=O)Nc3ccc(F)c(F)c3F)c3ccsc32)s1. The fourth-order valence-electron chi connectivity index (χ4n) is 2.66. The third-order valence-electron chi connectivity index (χ3n) is 3.84. The summed E-state index contributed by atoms with van der Waals surface area (Å²) in [4.78, 5) is 16.6. The summed E-state index contributed by atoms with van der Waals surface area (Å²) in [5, 5.41) is 5.83. The van der Waals surface area contributed by atoms with Crippen molar-refractivity contribution in [3.05, 3.63) is 52.1 Å². The molecule has 0 radical (unpaired) electrons. The average molecular weight is 408 g/mol. The van der Waals surface area contributed by atoms with E-state index in [2.05, 4.69) is 10.3 Å². The Kier molecular flexibility index (Phi) is 4.48. The lowest BCUT2D eigenvalue weighted by molar-refractivity contribution is -0.118. The zero-order valence-electron chi connectivity index (χ0n) is 13.8. The molecule has 0 bridgehead atoms. The Balaban J connectivity index is 1.55. The molecule has 4 rings (SSSR count). The fourth-order valence-corrected chi connectivity index (χ4v) is 4.49. The molecule has 0 saturated carbocycles.